The molecular formula is C25H30N5O+. The highest BCUT2D eigenvalue weighted by Gasteiger charge is 2.41. The SMILES string of the molecule is Cc1ccc(C(=O)N2CC(CNc3ccc(-c4cn[nH]c4)cc3C=[NH2+])CC2(C)C)cc1. The molecule has 4 rings (SSSR count). The van der Waals surface area contributed by atoms with Gasteiger partial charge in [0.15, 0.2) is 6.21 Å². The molecule has 1 aromatic heterocycles. The lowest BCUT2D eigenvalue weighted by Crippen LogP contribution is -2.42. The fourth-order valence-electron chi connectivity index (χ4n) is 4.44. The van der Waals surface area contributed by atoms with Gasteiger partial charge in [0.05, 0.1) is 11.8 Å². The van der Waals surface area contributed by atoms with E-state index in [1.165, 1.54) is 0 Å². The molecule has 0 spiro atoms. The van der Waals surface area contributed by atoms with Crippen molar-refractivity contribution in [1.29, 1.82) is 0 Å². The van der Waals surface area contributed by atoms with Crippen LogP contribution in [0.25, 0.3) is 11.1 Å². The molecule has 160 valence electrons. The molecule has 2 aromatic carbocycles. The Morgan fingerprint density at radius 1 is 1.26 bits per heavy atom. The lowest BCUT2D eigenvalue weighted by atomic mass is 9.96. The van der Waals surface area contributed by atoms with Crippen molar-refractivity contribution >= 4 is 17.8 Å². The molecule has 0 aliphatic carbocycles. The van der Waals surface area contributed by atoms with E-state index in [1.54, 1.807) is 12.4 Å². The van der Waals surface area contributed by atoms with Crippen molar-refractivity contribution in [3.63, 3.8) is 0 Å². The number of anilines is 1. The summed E-state index contributed by atoms with van der Waals surface area (Å²) in [5.41, 5.74) is 5.76. The van der Waals surface area contributed by atoms with Crippen molar-refractivity contribution in [3.05, 3.63) is 71.5 Å². The van der Waals surface area contributed by atoms with Gasteiger partial charge in [0, 0.05) is 41.6 Å². The van der Waals surface area contributed by atoms with Gasteiger partial charge in [0.25, 0.3) is 5.91 Å². The third-order valence-electron chi connectivity index (χ3n) is 6.15. The van der Waals surface area contributed by atoms with E-state index in [1.807, 2.05) is 42.3 Å². The number of likely N-dealkylation sites (tertiary alicyclic amines) is 1. The van der Waals surface area contributed by atoms with Crippen LogP contribution in [0, 0.1) is 12.8 Å². The summed E-state index contributed by atoms with van der Waals surface area (Å²) < 4.78 is 0. The largest absolute Gasteiger partial charge is 0.384 e. The molecule has 1 atom stereocenters. The molecule has 0 bridgehead atoms. The Hall–Kier alpha value is -3.41. The van der Waals surface area contributed by atoms with Gasteiger partial charge in [0.2, 0.25) is 0 Å². The summed E-state index contributed by atoms with van der Waals surface area (Å²) in [6, 6.07) is 14.0. The minimum absolute atomic E-state index is 0.105. The molecule has 4 N–H and O–H groups in total. The Kier molecular flexibility index (Phi) is 5.63. The normalized spacial score (nSPS) is 17.5. The maximum absolute atomic E-state index is 13.1. The van der Waals surface area contributed by atoms with Gasteiger partial charge in [-0.05, 0) is 62.9 Å². The number of hydrogen-bond acceptors (Lipinski definition) is 3. The summed E-state index contributed by atoms with van der Waals surface area (Å²) in [5.74, 6) is 0.469. The van der Waals surface area contributed by atoms with Crippen LogP contribution in [-0.4, -0.2) is 45.8 Å². The maximum atomic E-state index is 13.1. The molecule has 1 aliphatic heterocycles. The minimum atomic E-state index is -0.178. The van der Waals surface area contributed by atoms with Crippen LogP contribution < -0.4 is 10.7 Å². The molecule has 0 radical (unpaired) electrons. The van der Waals surface area contributed by atoms with Crippen molar-refractivity contribution in [1.82, 2.24) is 15.1 Å². The average molecular weight is 417 g/mol. The summed E-state index contributed by atoms with van der Waals surface area (Å²) >= 11 is 0. The zero-order valence-electron chi connectivity index (χ0n) is 18.4. The smallest absolute Gasteiger partial charge is 0.254 e. The van der Waals surface area contributed by atoms with E-state index in [4.69, 9.17) is 5.41 Å². The quantitative estimate of drug-likeness (QED) is 0.540. The molecule has 6 nitrogen and oxygen atoms in total. The summed E-state index contributed by atoms with van der Waals surface area (Å²) in [5, 5.41) is 16.3. The number of amides is 1. The number of nitrogens with one attached hydrogen (secondary N) is 2. The first-order valence-corrected chi connectivity index (χ1v) is 10.7. The van der Waals surface area contributed by atoms with Crippen molar-refractivity contribution in [2.24, 2.45) is 5.92 Å². The van der Waals surface area contributed by atoms with Gasteiger partial charge in [-0.3, -0.25) is 15.3 Å². The second-order valence-electron chi connectivity index (χ2n) is 9.00. The molecule has 31 heavy (non-hydrogen) atoms. The molecule has 3 aromatic rings. The number of H-pyrrole nitrogens is 1. The fraction of sp³-hybridized carbons (Fsp3) is 0.320. The van der Waals surface area contributed by atoms with Crippen LogP contribution in [-0.2, 0) is 0 Å². The van der Waals surface area contributed by atoms with Crippen LogP contribution in [0.4, 0.5) is 5.69 Å². The topological polar surface area (TPSA) is 86.6 Å². The first-order chi connectivity index (χ1) is 14.9. The first kappa shape index (κ1) is 20.8. The Morgan fingerprint density at radius 2 is 2.03 bits per heavy atom. The zero-order chi connectivity index (χ0) is 22.0. The number of carbonyl (C=O) groups is 1. The third kappa shape index (κ3) is 4.38. The van der Waals surface area contributed by atoms with E-state index < -0.39 is 0 Å². The van der Waals surface area contributed by atoms with Gasteiger partial charge < -0.3 is 10.2 Å². The van der Waals surface area contributed by atoms with Crippen molar-refractivity contribution in [3.8, 4) is 11.1 Å². The van der Waals surface area contributed by atoms with Crippen LogP contribution in [0.2, 0.25) is 0 Å². The van der Waals surface area contributed by atoms with Gasteiger partial charge >= 0.3 is 0 Å². The number of aromatic amines is 1. The number of aromatic nitrogens is 2. The number of nitrogens with zero attached hydrogens (tertiary/aromatic N) is 2. The number of rotatable bonds is 6. The summed E-state index contributed by atoms with van der Waals surface area (Å²) in [4.78, 5) is 15.1. The molecule has 1 unspecified atom stereocenters. The summed E-state index contributed by atoms with van der Waals surface area (Å²) in [6.07, 6.45) is 6.23. The predicted octanol–water partition coefficient (Wildman–Crippen LogP) is 2.92. The van der Waals surface area contributed by atoms with Gasteiger partial charge in [-0.1, -0.05) is 23.8 Å². The second kappa shape index (κ2) is 8.38. The molecule has 1 saturated heterocycles. The van der Waals surface area contributed by atoms with Crippen LogP contribution in [0.5, 0.6) is 0 Å². The zero-order valence-corrected chi connectivity index (χ0v) is 18.4. The number of aryl methyl sites for hydroxylation is 1. The van der Waals surface area contributed by atoms with Crippen molar-refractivity contribution in [2.45, 2.75) is 32.7 Å². The Morgan fingerprint density at radius 3 is 2.71 bits per heavy atom. The van der Waals surface area contributed by atoms with Gasteiger partial charge in [-0.25, -0.2) is 0 Å². The highest BCUT2D eigenvalue weighted by molar-refractivity contribution is 5.95. The standard InChI is InChI=1S/C25H29N5O/c1-17-4-6-19(7-5-17)24(31)30-16-18(11-25(30,2)3)13-27-23-9-8-20(10-21(23)12-26)22-14-28-29-15-22/h4-10,12,14-15,18,26-27H,11,13,16H2,1-3H3,(H,28,29)/p+1. The molecular weight excluding hydrogens is 386 g/mol. The van der Waals surface area contributed by atoms with Crippen LogP contribution in [0.1, 0.15) is 41.8 Å². The van der Waals surface area contributed by atoms with E-state index in [-0.39, 0.29) is 11.4 Å². The van der Waals surface area contributed by atoms with E-state index in [2.05, 4.69) is 47.6 Å². The second-order valence-corrected chi connectivity index (χ2v) is 9.00. The van der Waals surface area contributed by atoms with Gasteiger partial charge in [0.1, 0.15) is 0 Å². The van der Waals surface area contributed by atoms with Crippen LogP contribution in [0.3, 0.4) is 0 Å². The molecule has 0 saturated carbocycles. The molecule has 1 aliphatic rings. The average Bonchev–Trinajstić information content (AvgIpc) is 3.40. The third-order valence-corrected chi connectivity index (χ3v) is 6.15. The van der Waals surface area contributed by atoms with Crippen LogP contribution >= 0.6 is 0 Å². The minimum Gasteiger partial charge on any atom is -0.384 e. The molecule has 1 fully saturated rings. The van der Waals surface area contributed by atoms with E-state index in [0.29, 0.717) is 5.92 Å². The Balaban J connectivity index is 1.44. The maximum Gasteiger partial charge on any atom is 0.254 e. The predicted molar refractivity (Wildman–Crippen MR) is 124 cm³/mol. The fourth-order valence-corrected chi connectivity index (χ4v) is 4.44. The summed E-state index contributed by atoms with van der Waals surface area (Å²) in [7, 11) is 0. The Bertz CT molecular complexity index is 1070. The van der Waals surface area contributed by atoms with E-state index in [0.717, 1.165) is 53.0 Å². The van der Waals surface area contributed by atoms with Crippen molar-refractivity contribution < 1.29 is 10.2 Å². The monoisotopic (exact) mass is 416 g/mol. The molecule has 2 heterocycles. The van der Waals surface area contributed by atoms with E-state index in [9.17, 15) is 4.79 Å². The van der Waals surface area contributed by atoms with E-state index >= 15 is 0 Å². The molecule has 6 heteroatoms. The number of carbonyl (C=O) groups excluding carboxylic acids is 1. The first-order valence-electron chi connectivity index (χ1n) is 10.7. The highest BCUT2D eigenvalue weighted by Crippen LogP contribution is 2.34. The molecule has 1 amide bonds. The van der Waals surface area contributed by atoms with Gasteiger partial charge in [-0.2, -0.15) is 5.10 Å². The highest BCUT2D eigenvalue weighted by atomic mass is 16.2. The number of benzene rings is 2. The van der Waals surface area contributed by atoms with Crippen molar-refractivity contribution in [2.75, 3.05) is 18.4 Å². The van der Waals surface area contributed by atoms with Gasteiger partial charge in [-0.15, -0.1) is 0 Å². The Labute approximate surface area is 183 Å². The number of hydrogen-bond donors (Lipinski definition) is 3. The lowest BCUT2D eigenvalue weighted by molar-refractivity contribution is -0.104. The number of nitrogens with two attached hydrogens (primary N) is 1. The lowest BCUT2D eigenvalue weighted by Gasteiger charge is -2.31. The summed E-state index contributed by atoms with van der Waals surface area (Å²) in [6.45, 7) is 7.86. The van der Waals surface area contributed by atoms with Crippen LogP contribution in [0.15, 0.2) is 54.9 Å².